The monoisotopic (exact) mass is 226 g/mol. The molecule has 66 valence electrons. The van der Waals surface area contributed by atoms with Crippen molar-refractivity contribution in [3.63, 3.8) is 0 Å². The van der Waals surface area contributed by atoms with Crippen LogP contribution in [-0.2, 0) is 6.42 Å². The standard InChI is InChI=1S/C11H15Br/c1-2-6-11(12)9-10-7-4-3-5-8-10/h3-5,7-8,11H,2,6,9H2,1H3. The maximum Gasteiger partial charge on any atom is 0.0186 e. The first-order valence-electron chi connectivity index (χ1n) is 4.51. The van der Waals surface area contributed by atoms with Gasteiger partial charge in [0, 0.05) is 4.83 Å². The summed E-state index contributed by atoms with van der Waals surface area (Å²) in [5, 5.41) is 0. The van der Waals surface area contributed by atoms with Crippen molar-refractivity contribution in [1.82, 2.24) is 0 Å². The fourth-order valence-electron chi connectivity index (χ4n) is 1.29. The average Bonchev–Trinajstić information content (AvgIpc) is 2.06. The second-order valence-corrected chi connectivity index (χ2v) is 4.37. The molecule has 1 unspecified atom stereocenters. The van der Waals surface area contributed by atoms with Crippen molar-refractivity contribution in [2.24, 2.45) is 0 Å². The molecule has 0 saturated heterocycles. The van der Waals surface area contributed by atoms with Crippen molar-refractivity contribution in [3.8, 4) is 0 Å². The van der Waals surface area contributed by atoms with Gasteiger partial charge in [-0.1, -0.05) is 59.6 Å². The summed E-state index contributed by atoms with van der Waals surface area (Å²) in [5.41, 5.74) is 1.42. The lowest BCUT2D eigenvalue weighted by Gasteiger charge is -2.07. The van der Waals surface area contributed by atoms with Gasteiger partial charge in [0.25, 0.3) is 0 Å². The summed E-state index contributed by atoms with van der Waals surface area (Å²) >= 11 is 3.67. The van der Waals surface area contributed by atoms with Crippen molar-refractivity contribution in [2.75, 3.05) is 0 Å². The Bertz CT molecular complexity index is 206. The molecule has 1 atom stereocenters. The summed E-state index contributed by atoms with van der Waals surface area (Å²) < 4.78 is 0. The van der Waals surface area contributed by atoms with Crippen LogP contribution in [0.4, 0.5) is 0 Å². The maximum absolute atomic E-state index is 3.67. The molecular weight excluding hydrogens is 212 g/mol. The molecule has 1 aromatic rings. The Kier molecular flexibility index (Phi) is 4.37. The Morgan fingerprint density at radius 2 is 1.92 bits per heavy atom. The Hall–Kier alpha value is -0.300. The minimum Gasteiger partial charge on any atom is -0.0887 e. The molecule has 0 N–H and O–H groups in total. The van der Waals surface area contributed by atoms with Crippen LogP contribution < -0.4 is 0 Å². The third-order valence-corrected chi connectivity index (χ3v) is 2.68. The van der Waals surface area contributed by atoms with Gasteiger partial charge in [-0.15, -0.1) is 0 Å². The molecule has 0 fully saturated rings. The Morgan fingerprint density at radius 1 is 1.25 bits per heavy atom. The number of hydrogen-bond donors (Lipinski definition) is 0. The summed E-state index contributed by atoms with van der Waals surface area (Å²) in [6, 6.07) is 10.6. The lowest BCUT2D eigenvalue weighted by Crippen LogP contribution is -2.01. The van der Waals surface area contributed by atoms with Crippen LogP contribution in [0.1, 0.15) is 25.3 Å². The van der Waals surface area contributed by atoms with Gasteiger partial charge in [-0.05, 0) is 18.4 Å². The molecule has 0 heterocycles. The van der Waals surface area contributed by atoms with Gasteiger partial charge < -0.3 is 0 Å². The SMILES string of the molecule is CCCC(Br)Cc1ccccc1. The van der Waals surface area contributed by atoms with Crippen LogP contribution in [0.15, 0.2) is 30.3 Å². The Morgan fingerprint density at radius 3 is 2.50 bits per heavy atom. The lowest BCUT2D eigenvalue weighted by atomic mass is 10.1. The molecule has 0 nitrogen and oxygen atoms in total. The van der Waals surface area contributed by atoms with E-state index in [-0.39, 0.29) is 0 Å². The quantitative estimate of drug-likeness (QED) is 0.686. The predicted molar refractivity (Wildman–Crippen MR) is 57.8 cm³/mol. The molecule has 0 aliphatic rings. The van der Waals surface area contributed by atoms with E-state index in [0.717, 1.165) is 6.42 Å². The minimum atomic E-state index is 0.643. The smallest absolute Gasteiger partial charge is 0.0186 e. The summed E-state index contributed by atoms with van der Waals surface area (Å²) in [7, 11) is 0. The number of alkyl halides is 1. The molecule has 0 aliphatic heterocycles. The van der Waals surface area contributed by atoms with Crippen LogP contribution in [0, 0.1) is 0 Å². The van der Waals surface area contributed by atoms with E-state index in [2.05, 4.69) is 53.2 Å². The number of hydrogen-bond acceptors (Lipinski definition) is 0. The van der Waals surface area contributed by atoms with Gasteiger partial charge in [0.15, 0.2) is 0 Å². The van der Waals surface area contributed by atoms with Crippen molar-refractivity contribution in [3.05, 3.63) is 35.9 Å². The molecule has 1 heteroatoms. The minimum absolute atomic E-state index is 0.643. The predicted octanol–water partition coefficient (Wildman–Crippen LogP) is 3.79. The first-order chi connectivity index (χ1) is 5.83. The van der Waals surface area contributed by atoms with Gasteiger partial charge in [-0.2, -0.15) is 0 Å². The highest BCUT2D eigenvalue weighted by atomic mass is 79.9. The molecule has 1 rings (SSSR count). The van der Waals surface area contributed by atoms with Crippen molar-refractivity contribution >= 4 is 15.9 Å². The first kappa shape index (κ1) is 9.79. The highest BCUT2D eigenvalue weighted by molar-refractivity contribution is 9.09. The summed E-state index contributed by atoms with van der Waals surface area (Å²) in [6.45, 7) is 2.22. The number of rotatable bonds is 4. The fraction of sp³-hybridized carbons (Fsp3) is 0.455. The van der Waals surface area contributed by atoms with E-state index >= 15 is 0 Å². The van der Waals surface area contributed by atoms with Crippen LogP contribution in [-0.4, -0.2) is 4.83 Å². The first-order valence-corrected chi connectivity index (χ1v) is 5.42. The third kappa shape index (κ3) is 3.40. The number of benzene rings is 1. The van der Waals surface area contributed by atoms with E-state index < -0.39 is 0 Å². The van der Waals surface area contributed by atoms with E-state index in [1.807, 2.05) is 0 Å². The summed E-state index contributed by atoms with van der Waals surface area (Å²) in [5.74, 6) is 0. The van der Waals surface area contributed by atoms with E-state index in [9.17, 15) is 0 Å². The van der Waals surface area contributed by atoms with Gasteiger partial charge >= 0.3 is 0 Å². The average molecular weight is 227 g/mol. The van der Waals surface area contributed by atoms with Gasteiger partial charge in [-0.25, -0.2) is 0 Å². The van der Waals surface area contributed by atoms with Gasteiger partial charge in [0.05, 0.1) is 0 Å². The second-order valence-electron chi connectivity index (χ2n) is 3.08. The van der Waals surface area contributed by atoms with E-state index in [1.165, 1.54) is 18.4 Å². The summed E-state index contributed by atoms with van der Waals surface area (Å²) in [4.78, 5) is 0.643. The maximum atomic E-state index is 3.67. The highest BCUT2D eigenvalue weighted by Gasteiger charge is 2.02. The summed E-state index contributed by atoms with van der Waals surface area (Å²) in [6.07, 6.45) is 3.66. The van der Waals surface area contributed by atoms with Crippen molar-refractivity contribution in [1.29, 1.82) is 0 Å². The van der Waals surface area contributed by atoms with Crippen LogP contribution in [0.5, 0.6) is 0 Å². The van der Waals surface area contributed by atoms with Gasteiger partial charge in [0.1, 0.15) is 0 Å². The van der Waals surface area contributed by atoms with Crippen LogP contribution >= 0.6 is 15.9 Å². The molecule has 0 spiro atoms. The zero-order valence-corrected chi connectivity index (χ0v) is 9.05. The molecule has 0 aliphatic carbocycles. The molecule has 0 bridgehead atoms. The van der Waals surface area contributed by atoms with E-state index in [1.54, 1.807) is 0 Å². The van der Waals surface area contributed by atoms with Crippen molar-refractivity contribution < 1.29 is 0 Å². The molecule has 0 amide bonds. The number of halogens is 1. The molecule has 0 radical (unpaired) electrons. The van der Waals surface area contributed by atoms with Gasteiger partial charge in [-0.3, -0.25) is 0 Å². The lowest BCUT2D eigenvalue weighted by molar-refractivity contribution is 0.745. The van der Waals surface area contributed by atoms with E-state index in [0.29, 0.717) is 4.83 Å². The van der Waals surface area contributed by atoms with E-state index in [4.69, 9.17) is 0 Å². The highest BCUT2D eigenvalue weighted by Crippen LogP contribution is 2.14. The van der Waals surface area contributed by atoms with Gasteiger partial charge in [0.2, 0.25) is 0 Å². The third-order valence-electron chi connectivity index (χ3n) is 1.90. The van der Waals surface area contributed by atoms with Crippen LogP contribution in [0.25, 0.3) is 0 Å². The molecular formula is C11H15Br. The van der Waals surface area contributed by atoms with Crippen molar-refractivity contribution in [2.45, 2.75) is 31.0 Å². The zero-order valence-electron chi connectivity index (χ0n) is 7.46. The molecule has 1 aromatic carbocycles. The van der Waals surface area contributed by atoms with Crippen LogP contribution in [0.2, 0.25) is 0 Å². The Balaban J connectivity index is 2.41. The normalized spacial score (nSPS) is 12.8. The molecule has 0 aromatic heterocycles. The largest absolute Gasteiger partial charge is 0.0887 e. The fourth-order valence-corrected chi connectivity index (χ4v) is 2.12. The zero-order chi connectivity index (χ0) is 8.81. The van der Waals surface area contributed by atoms with Crippen LogP contribution in [0.3, 0.4) is 0 Å². The molecule has 0 saturated carbocycles. The second kappa shape index (κ2) is 5.36. The topological polar surface area (TPSA) is 0 Å². The molecule has 12 heavy (non-hydrogen) atoms. The Labute approximate surface area is 83.1 Å².